The normalized spacial score (nSPS) is 15.8. The van der Waals surface area contributed by atoms with Gasteiger partial charge in [0.15, 0.2) is 0 Å². The monoisotopic (exact) mass is 287 g/mol. The molecule has 1 aliphatic carbocycles. The summed E-state index contributed by atoms with van der Waals surface area (Å²) in [6.45, 7) is 6.70. The summed E-state index contributed by atoms with van der Waals surface area (Å²) in [6.07, 6.45) is 2.32. The second-order valence-corrected chi connectivity index (χ2v) is 5.80. The maximum atomic E-state index is 5.92. The van der Waals surface area contributed by atoms with Gasteiger partial charge in [0.05, 0.1) is 6.04 Å². The molecule has 0 bridgehead atoms. The number of benzene rings is 1. The molecule has 1 aliphatic rings. The zero-order valence-corrected chi connectivity index (χ0v) is 12.7. The summed E-state index contributed by atoms with van der Waals surface area (Å²) in [5, 5.41) is 11.3. The van der Waals surface area contributed by atoms with Gasteiger partial charge < -0.3 is 14.5 Å². The first-order chi connectivity index (χ1) is 10.1. The Morgan fingerprint density at radius 2 is 2.00 bits per heavy atom. The highest BCUT2D eigenvalue weighted by atomic mass is 16.5. The zero-order chi connectivity index (χ0) is 14.8. The molecular formula is C16H21N3O2. The van der Waals surface area contributed by atoms with Crippen LogP contribution in [0.1, 0.15) is 42.7 Å². The van der Waals surface area contributed by atoms with E-state index in [0.29, 0.717) is 18.5 Å². The van der Waals surface area contributed by atoms with Gasteiger partial charge in [-0.2, -0.15) is 0 Å². The number of hydrogen-bond donors (Lipinski definition) is 1. The van der Waals surface area contributed by atoms with E-state index in [2.05, 4.69) is 41.5 Å². The molecular weight excluding hydrogens is 266 g/mol. The fourth-order valence-electron chi connectivity index (χ4n) is 2.28. The number of hydrogen-bond acceptors (Lipinski definition) is 5. The van der Waals surface area contributed by atoms with Crippen LogP contribution in [0, 0.1) is 13.8 Å². The molecule has 0 aliphatic heterocycles. The van der Waals surface area contributed by atoms with E-state index in [1.54, 1.807) is 0 Å². The number of aryl methyl sites for hydroxylation is 2. The minimum atomic E-state index is 0.0940. The van der Waals surface area contributed by atoms with Crippen LogP contribution in [0.5, 0.6) is 5.75 Å². The van der Waals surface area contributed by atoms with Crippen molar-refractivity contribution in [2.75, 3.05) is 11.9 Å². The summed E-state index contributed by atoms with van der Waals surface area (Å²) in [5.41, 5.74) is 2.30. The summed E-state index contributed by atoms with van der Waals surface area (Å²) in [4.78, 5) is 0. The largest absolute Gasteiger partial charge is 0.491 e. The first kappa shape index (κ1) is 13.9. The molecule has 0 unspecified atom stereocenters. The lowest BCUT2D eigenvalue weighted by Gasteiger charge is -2.16. The first-order valence-corrected chi connectivity index (χ1v) is 7.42. The molecule has 1 aromatic carbocycles. The van der Waals surface area contributed by atoms with Crippen molar-refractivity contribution >= 4 is 6.01 Å². The Kier molecular flexibility index (Phi) is 3.82. The third-order valence-electron chi connectivity index (χ3n) is 3.62. The predicted octanol–water partition coefficient (Wildman–Crippen LogP) is 3.44. The van der Waals surface area contributed by atoms with Crippen LogP contribution < -0.4 is 10.1 Å². The lowest BCUT2D eigenvalue weighted by Crippen LogP contribution is -2.24. The van der Waals surface area contributed by atoms with E-state index in [0.717, 1.165) is 35.6 Å². The van der Waals surface area contributed by atoms with E-state index < -0.39 is 0 Å². The van der Waals surface area contributed by atoms with Gasteiger partial charge in [0.25, 0.3) is 0 Å². The molecule has 0 spiro atoms. The van der Waals surface area contributed by atoms with Crippen molar-refractivity contribution in [1.82, 2.24) is 10.2 Å². The topological polar surface area (TPSA) is 60.2 Å². The Hall–Kier alpha value is -2.04. The van der Waals surface area contributed by atoms with Crippen LogP contribution in [0.3, 0.4) is 0 Å². The number of ether oxygens (including phenoxy) is 1. The van der Waals surface area contributed by atoms with E-state index >= 15 is 0 Å². The molecule has 1 aromatic heterocycles. The van der Waals surface area contributed by atoms with Crippen molar-refractivity contribution < 1.29 is 9.15 Å². The van der Waals surface area contributed by atoms with Gasteiger partial charge in [-0.3, -0.25) is 0 Å². The molecule has 1 atom stereocenters. The molecule has 112 valence electrons. The van der Waals surface area contributed by atoms with E-state index in [1.165, 1.54) is 0 Å². The van der Waals surface area contributed by atoms with Gasteiger partial charge in [-0.15, -0.1) is 5.10 Å². The van der Waals surface area contributed by atoms with Gasteiger partial charge in [-0.05, 0) is 44.7 Å². The molecule has 1 fully saturated rings. The fourth-order valence-corrected chi connectivity index (χ4v) is 2.28. The van der Waals surface area contributed by atoms with Crippen LogP contribution in [-0.4, -0.2) is 22.8 Å². The van der Waals surface area contributed by atoms with E-state index in [4.69, 9.17) is 9.15 Å². The summed E-state index contributed by atoms with van der Waals surface area (Å²) in [6, 6.07) is 6.73. The second-order valence-electron chi connectivity index (χ2n) is 5.80. The van der Waals surface area contributed by atoms with Crippen molar-refractivity contribution in [2.45, 2.75) is 45.6 Å². The van der Waals surface area contributed by atoms with Crippen LogP contribution in [0.15, 0.2) is 22.6 Å². The van der Waals surface area contributed by atoms with Gasteiger partial charge in [0, 0.05) is 5.92 Å². The van der Waals surface area contributed by atoms with Gasteiger partial charge >= 0.3 is 6.01 Å². The Bertz CT molecular complexity index is 599. The predicted molar refractivity (Wildman–Crippen MR) is 80.8 cm³/mol. The van der Waals surface area contributed by atoms with Crippen molar-refractivity contribution in [1.29, 1.82) is 0 Å². The number of nitrogens with one attached hydrogen (secondary N) is 1. The van der Waals surface area contributed by atoms with Crippen LogP contribution in [0.2, 0.25) is 0 Å². The number of anilines is 1. The maximum absolute atomic E-state index is 5.92. The van der Waals surface area contributed by atoms with Gasteiger partial charge in [-0.1, -0.05) is 23.3 Å². The standard InChI is InChI=1S/C16H21N3O2/c1-10-5-4-6-11(2)14(10)20-9-12(3)17-16-19-18-15(21-16)13-7-8-13/h4-6,12-13H,7-9H2,1-3H3,(H,17,19)/t12-/m0/s1. The molecule has 1 saturated carbocycles. The highest BCUT2D eigenvalue weighted by Gasteiger charge is 2.29. The fraction of sp³-hybridized carbons (Fsp3) is 0.500. The number of nitrogens with zero attached hydrogens (tertiary/aromatic N) is 2. The summed E-state index contributed by atoms with van der Waals surface area (Å²) in [7, 11) is 0. The average molecular weight is 287 g/mol. The molecule has 0 saturated heterocycles. The molecule has 5 heteroatoms. The van der Waals surface area contributed by atoms with Crippen molar-refractivity contribution in [3.63, 3.8) is 0 Å². The number of rotatable bonds is 6. The van der Waals surface area contributed by atoms with Crippen LogP contribution in [0.25, 0.3) is 0 Å². The number of aromatic nitrogens is 2. The van der Waals surface area contributed by atoms with Gasteiger partial charge in [0.1, 0.15) is 12.4 Å². The molecule has 1 N–H and O–H groups in total. The Morgan fingerprint density at radius 1 is 1.29 bits per heavy atom. The lowest BCUT2D eigenvalue weighted by atomic mass is 10.1. The smallest absolute Gasteiger partial charge is 0.315 e. The highest BCUT2D eigenvalue weighted by molar-refractivity contribution is 5.39. The first-order valence-electron chi connectivity index (χ1n) is 7.42. The minimum Gasteiger partial charge on any atom is -0.491 e. The SMILES string of the molecule is Cc1cccc(C)c1OC[C@H](C)Nc1nnc(C2CC2)o1. The molecule has 2 aromatic rings. The summed E-state index contributed by atoms with van der Waals surface area (Å²) >= 11 is 0. The molecule has 1 heterocycles. The van der Waals surface area contributed by atoms with Crippen LogP contribution in [-0.2, 0) is 0 Å². The quantitative estimate of drug-likeness (QED) is 0.881. The van der Waals surface area contributed by atoms with E-state index in [9.17, 15) is 0 Å². The van der Waals surface area contributed by atoms with E-state index in [-0.39, 0.29) is 6.04 Å². The Morgan fingerprint density at radius 3 is 2.67 bits per heavy atom. The third-order valence-corrected chi connectivity index (χ3v) is 3.62. The van der Waals surface area contributed by atoms with E-state index in [1.807, 2.05) is 13.0 Å². The van der Waals surface area contributed by atoms with Gasteiger partial charge in [-0.25, -0.2) is 0 Å². The van der Waals surface area contributed by atoms with Crippen molar-refractivity contribution in [2.24, 2.45) is 0 Å². The van der Waals surface area contributed by atoms with Crippen molar-refractivity contribution in [3.05, 3.63) is 35.2 Å². The Balaban J connectivity index is 1.54. The highest BCUT2D eigenvalue weighted by Crippen LogP contribution is 2.39. The summed E-state index contributed by atoms with van der Waals surface area (Å²) < 4.78 is 11.5. The van der Waals surface area contributed by atoms with Crippen LogP contribution >= 0.6 is 0 Å². The molecule has 3 rings (SSSR count). The second kappa shape index (κ2) is 5.76. The molecule has 21 heavy (non-hydrogen) atoms. The third kappa shape index (κ3) is 3.35. The molecule has 5 nitrogen and oxygen atoms in total. The maximum Gasteiger partial charge on any atom is 0.315 e. The molecule has 0 amide bonds. The molecule has 0 radical (unpaired) electrons. The zero-order valence-electron chi connectivity index (χ0n) is 12.7. The lowest BCUT2D eigenvalue weighted by molar-refractivity contribution is 0.297. The number of para-hydroxylation sites is 1. The minimum absolute atomic E-state index is 0.0940. The van der Waals surface area contributed by atoms with Crippen LogP contribution in [0.4, 0.5) is 6.01 Å². The van der Waals surface area contributed by atoms with Gasteiger partial charge in [0.2, 0.25) is 5.89 Å². The Labute approximate surface area is 124 Å². The average Bonchev–Trinajstić information content (AvgIpc) is 3.19. The van der Waals surface area contributed by atoms with Crippen molar-refractivity contribution in [3.8, 4) is 5.75 Å². The summed E-state index contributed by atoms with van der Waals surface area (Å²) in [5.74, 6) is 2.19.